The standard InChI is InChI=1S/C17H25NO5S/c1-12-5-8-14(9-6-12)24(20,21)22-11-13-7-10-15(13)18-16(19)23-17(2,3)4/h5-6,8-9,13,15H,7,10-11H2,1-4H3,(H,18,19)/t13-,15+/m1/s1. The number of hydrogen-bond donors (Lipinski definition) is 1. The molecule has 1 aliphatic rings. The van der Waals surface area contributed by atoms with Gasteiger partial charge in [-0.25, -0.2) is 4.79 Å². The van der Waals surface area contributed by atoms with Crippen LogP contribution in [0.2, 0.25) is 0 Å². The largest absolute Gasteiger partial charge is 0.444 e. The van der Waals surface area contributed by atoms with E-state index in [1.807, 2.05) is 6.92 Å². The van der Waals surface area contributed by atoms with Gasteiger partial charge in [-0.1, -0.05) is 17.7 Å². The van der Waals surface area contributed by atoms with Crippen LogP contribution in [-0.2, 0) is 19.0 Å². The van der Waals surface area contributed by atoms with Crippen LogP contribution in [0.1, 0.15) is 39.2 Å². The number of ether oxygens (including phenoxy) is 1. The minimum absolute atomic E-state index is 0.0299. The minimum Gasteiger partial charge on any atom is -0.444 e. The second-order valence-corrected chi connectivity index (χ2v) is 8.76. The lowest BCUT2D eigenvalue weighted by molar-refractivity contribution is 0.0405. The number of nitrogens with one attached hydrogen (secondary N) is 1. The Kier molecular flexibility index (Phi) is 5.55. The van der Waals surface area contributed by atoms with Crippen molar-refractivity contribution < 1.29 is 22.1 Å². The van der Waals surface area contributed by atoms with Gasteiger partial charge < -0.3 is 10.1 Å². The van der Waals surface area contributed by atoms with Crippen LogP contribution < -0.4 is 5.32 Å². The molecule has 1 saturated carbocycles. The normalized spacial score (nSPS) is 21.0. The summed E-state index contributed by atoms with van der Waals surface area (Å²) in [6, 6.07) is 6.40. The highest BCUT2D eigenvalue weighted by Gasteiger charge is 2.34. The molecule has 6 nitrogen and oxygen atoms in total. The van der Waals surface area contributed by atoms with Crippen molar-refractivity contribution in [2.24, 2.45) is 5.92 Å². The predicted octanol–water partition coefficient (Wildman–Crippen LogP) is 3.00. The van der Waals surface area contributed by atoms with E-state index in [2.05, 4.69) is 5.32 Å². The molecular formula is C17H25NO5S. The lowest BCUT2D eigenvalue weighted by Gasteiger charge is -2.36. The number of carbonyl (C=O) groups excluding carboxylic acids is 1. The molecule has 1 aliphatic carbocycles. The Morgan fingerprint density at radius 2 is 1.83 bits per heavy atom. The minimum atomic E-state index is -3.77. The van der Waals surface area contributed by atoms with Gasteiger partial charge in [0.1, 0.15) is 5.60 Å². The fourth-order valence-electron chi connectivity index (χ4n) is 2.37. The zero-order valence-corrected chi connectivity index (χ0v) is 15.4. The average Bonchev–Trinajstić information content (AvgIpc) is 2.42. The topological polar surface area (TPSA) is 81.7 Å². The smallest absolute Gasteiger partial charge is 0.407 e. The number of carbonyl (C=O) groups is 1. The molecule has 0 aromatic heterocycles. The summed E-state index contributed by atoms with van der Waals surface area (Å²) in [5, 5.41) is 2.77. The zero-order valence-electron chi connectivity index (χ0n) is 14.5. The van der Waals surface area contributed by atoms with Crippen molar-refractivity contribution in [2.75, 3.05) is 6.61 Å². The van der Waals surface area contributed by atoms with Crippen molar-refractivity contribution in [3.63, 3.8) is 0 Å². The van der Waals surface area contributed by atoms with Crippen LogP contribution in [0.4, 0.5) is 4.79 Å². The lowest BCUT2D eigenvalue weighted by atomic mass is 9.80. The van der Waals surface area contributed by atoms with E-state index in [0.717, 1.165) is 18.4 Å². The summed E-state index contributed by atoms with van der Waals surface area (Å²) in [7, 11) is -3.77. The SMILES string of the molecule is Cc1ccc(S(=O)(=O)OC[C@H]2CC[C@@H]2NC(=O)OC(C)(C)C)cc1. The maximum atomic E-state index is 12.2. The Balaban J connectivity index is 1.86. The molecule has 0 spiro atoms. The first-order valence-corrected chi connectivity index (χ1v) is 9.43. The Bertz CT molecular complexity index is 676. The maximum Gasteiger partial charge on any atom is 0.407 e. The van der Waals surface area contributed by atoms with E-state index in [1.165, 1.54) is 12.1 Å². The molecule has 2 atom stereocenters. The molecule has 24 heavy (non-hydrogen) atoms. The van der Waals surface area contributed by atoms with Crippen LogP contribution in [0, 0.1) is 12.8 Å². The molecule has 134 valence electrons. The molecule has 0 heterocycles. The molecule has 1 aromatic rings. The second-order valence-electron chi connectivity index (χ2n) is 7.14. The van der Waals surface area contributed by atoms with E-state index in [1.54, 1.807) is 32.9 Å². The number of aryl methyl sites for hydroxylation is 1. The average molecular weight is 355 g/mol. The molecule has 0 unspecified atom stereocenters. The van der Waals surface area contributed by atoms with Crippen LogP contribution in [0.15, 0.2) is 29.2 Å². The van der Waals surface area contributed by atoms with Gasteiger partial charge in [0.2, 0.25) is 0 Å². The third kappa shape index (κ3) is 5.21. The van der Waals surface area contributed by atoms with E-state index >= 15 is 0 Å². The summed E-state index contributed by atoms with van der Waals surface area (Å²) in [4.78, 5) is 11.9. The highest BCUT2D eigenvalue weighted by atomic mass is 32.2. The molecule has 0 aliphatic heterocycles. The van der Waals surface area contributed by atoms with Crippen molar-refractivity contribution in [2.45, 2.75) is 57.1 Å². The molecule has 0 radical (unpaired) electrons. The Labute approximate surface area is 143 Å². The van der Waals surface area contributed by atoms with Gasteiger partial charge >= 0.3 is 6.09 Å². The molecule has 0 bridgehead atoms. The molecule has 7 heteroatoms. The van der Waals surface area contributed by atoms with Crippen molar-refractivity contribution in [1.82, 2.24) is 5.32 Å². The van der Waals surface area contributed by atoms with E-state index in [0.29, 0.717) is 0 Å². The van der Waals surface area contributed by atoms with E-state index in [9.17, 15) is 13.2 Å². The number of alkyl carbamates (subject to hydrolysis) is 1. The first kappa shape index (κ1) is 18.7. The van der Waals surface area contributed by atoms with Crippen LogP contribution in [0.5, 0.6) is 0 Å². The quantitative estimate of drug-likeness (QED) is 0.821. The van der Waals surface area contributed by atoms with Crippen molar-refractivity contribution in [3.05, 3.63) is 29.8 Å². The van der Waals surface area contributed by atoms with Gasteiger partial charge in [-0.2, -0.15) is 8.42 Å². The van der Waals surface area contributed by atoms with Gasteiger partial charge in [-0.3, -0.25) is 4.18 Å². The molecule has 2 rings (SSSR count). The van der Waals surface area contributed by atoms with Gasteiger partial charge in [0, 0.05) is 12.0 Å². The van der Waals surface area contributed by atoms with Crippen LogP contribution >= 0.6 is 0 Å². The molecule has 1 aromatic carbocycles. The Morgan fingerprint density at radius 1 is 1.21 bits per heavy atom. The maximum absolute atomic E-state index is 12.2. The molecule has 1 N–H and O–H groups in total. The van der Waals surface area contributed by atoms with Crippen LogP contribution in [0.3, 0.4) is 0 Å². The number of hydrogen-bond acceptors (Lipinski definition) is 5. The van der Waals surface area contributed by atoms with E-state index in [4.69, 9.17) is 8.92 Å². The summed E-state index contributed by atoms with van der Waals surface area (Å²) in [6.07, 6.45) is 1.11. The van der Waals surface area contributed by atoms with Crippen molar-refractivity contribution in [3.8, 4) is 0 Å². The predicted molar refractivity (Wildman–Crippen MR) is 90.2 cm³/mol. The van der Waals surface area contributed by atoms with Crippen LogP contribution in [-0.4, -0.2) is 32.8 Å². The Hall–Kier alpha value is -1.60. The first-order chi connectivity index (χ1) is 11.1. The zero-order chi connectivity index (χ0) is 18.0. The fourth-order valence-corrected chi connectivity index (χ4v) is 3.33. The second kappa shape index (κ2) is 7.11. The molecular weight excluding hydrogens is 330 g/mol. The van der Waals surface area contributed by atoms with Gasteiger partial charge in [0.25, 0.3) is 10.1 Å². The third-order valence-corrected chi connectivity index (χ3v) is 5.16. The fraction of sp³-hybridized carbons (Fsp3) is 0.588. The lowest BCUT2D eigenvalue weighted by Crippen LogP contribution is -2.50. The summed E-state index contributed by atoms with van der Waals surface area (Å²) in [6.45, 7) is 7.32. The highest BCUT2D eigenvalue weighted by Crippen LogP contribution is 2.29. The number of benzene rings is 1. The number of rotatable bonds is 5. The molecule has 1 amide bonds. The summed E-state index contributed by atoms with van der Waals surface area (Å²) in [5.41, 5.74) is 0.420. The van der Waals surface area contributed by atoms with Gasteiger partial charge in [-0.15, -0.1) is 0 Å². The van der Waals surface area contributed by atoms with Gasteiger partial charge in [0.15, 0.2) is 0 Å². The van der Waals surface area contributed by atoms with Crippen molar-refractivity contribution in [1.29, 1.82) is 0 Å². The number of amides is 1. The molecule has 0 saturated heterocycles. The van der Waals surface area contributed by atoms with Crippen molar-refractivity contribution >= 4 is 16.2 Å². The van der Waals surface area contributed by atoms with E-state index < -0.39 is 21.8 Å². The summed E-state index contributed by atoms with van der Waals surface area (Å²) < 4.78 is 34.7. The Morgan fingerprint density at radius 3 is 2.33 bits per heavy atom. The molecule has 1 fully saturated rings. The summed E-state index contributed by atoms with van der Waals surface area (Å²) in [5.74, 6) is -0.0299. The monoisotopic (exact) mass is 355 g/mol. The van der Waals surface area contributed by atoms with Gasteiger partial charge in [0.05, 0.1) is 11.5 Å². The first-order valence-electron chi connectivity index (χ1n) is 8.02. The van der Waals surface area contributed by atoms with E-state index in [-0.39, 0.29) is 23.5 Å². The van der Waals surface area contributed by atoms with Crippen LogP contribution in [0.25, 0.3) is 0 Å². The summed E-state index contributed by atoms with van der Waals surface area (Å²) >= 11 is 0. The third-order valence-electron chi connectivity index (χ3n) is 3.87. The highest BCUT2D eigenvalue weighted by molar-refractivity contribution is 7.86. The van der Waals surface area contributed by atoms with Gasteiger partial charge in [-0.05, 0) is 52.7 Å².